The van der Waals surface area contributed by atoms with Gasteiger partial charge in [0.1, 0.15) is 11.9 Å². The number of amides is 1. The van der Waals surface area contributed by atoms with E-state index in [2.05, 4.69) is 10.2 Å². The first-order valence-corrected chi connectivity index (χ1v) is 9.66. The first kappa shape index (κ1) is 22.6. The van der Waals surface area contributed by atoms with E-state index in [1.165, 1.54) is 12.1 Å². The van der Waals surface area contributed by atoms with Crippen molar-refractivity contribution in [3.63, 3.8) is 0 Å². The van der Waals surface area contributed by atoms with Gasteiger partial charge >= 0.3 is 5.97 Å². The first-order chi connectivity index (χ1) is 12.9. The lowest BCUT2D eigenvalue weighted by atomic mass is 10.0. The monoisotopic (exact) mass is 413 g/mol. The predicted octanol–water partition coefficient (Wildman–Crippen LogP) is 2.44. The normalized spacial score (nSPS) is 21.5. The summed E-state index contributed by atoms with van der Waals surface area (Å²) in [4.78, 5) is 27.9. The Morgan fingerprint density at radius 1 is 1.21 bits per heavy atom. The molecule has 1 heterocycles. The number of nitrogens with one attached hydrogen (secondary N) is 1. The number of carboxylic acid groups (broad SMARTS) is 1. The molecule has 3 rings (SSSR count). The molecule has 1 amide bonds. The minimum absolute atomic E-state index is 0. The lowest BCUT2D eigenvalue weighted by Crippen LogP contribution is -2.42. The van der Waals surface area contributed by atoms with Gasteiger partial charge < -0.3 is 10.4 Å². The molecule has 156 valence electrons. The molecule has 6 nitrogen and oxygen atoms in total. The van der Waals surface area contributed by atoms with E-state index in [4.69, 9.17) is 5.11 Å². The van der Waals surface area contributed by atoms with Gasteiger partial charge in [0.2, 0.25) is 5.91 Å². The molecule has 2 fully saturated rings. The molecule has 1 saturated heterocycles. The number of carbonyl (C=O) groups excluding carboxylic acids is 1. The van der Waals surface area contributed by atoms with Crippen LogP contribution in [-0.4, -0.2) is 65.5 Å². The number of carbonyl (C=O) groups is 2. The van der Waals surface area contributed by atoms with E-state index in [-0.39, 0.29) is 42.8 Å². The van der Waals surface area contributed by atoms with Crippen molar-refractivity contribution in [2.75, 3.05) is 26.7 Å². The number of rotatable bonds is 7. The molecule has 2 aliphatic rings. The van der Waals surface area contributed by atoms with Crippen LogP contribution in [-0.2, 0) is 9.59 Å². The molecule has 2 unspecified atom stereocenters. The van der Waals surface area contributed by atoms with Crippen LogP contribution in [0, 0.1) is 5.82 Å². The highest BCUT2D eigenvalue weighted by molar-refractivity contribution is 5.85. The van der Waals surface area contributed by atoms with E-state index in [1.54, 1.807) is 12.1 Å². The molecular formula is C20H29ClFN3O3. The fourth-order valence-corrected chi connectivity index (χ4v) is 3.82. The molecule has 1 aliphatic carbocycles. The maximum atomic E-state index is 13.4. The second kappa shape index (κ2) is 10.2. The van der Waals surface area contributed by atoms with Gasteiger partial charge in [-0.25, -0.2) is 4.39 Å². The average Bonchev–Trinajstić information content (AvgIpc) is 3.43. The Morgan fingerprint density at radius 2 is 1.89 bits per heavy atom. The van der Waals surface area contributed by atoms with E-state index in [0.29, 0.717) is 6.54 Å². The first-order valence-electron chi connectivity index (χ1n) is 9.66. The fourth-order valence-electron chi connectivity index (χ4n) is 3.82. The Bertz CT molecular complexity index is 669. The Kier molecular flexibility index (Phi) is 8.22. The minimum atomic E-state index is -0.827. The van der Waals surface area contributed by atoms with Crippen LogP contribution in [0.1, 0.15) is 43.7 Å². The highest BCUT2D eigenvalue weighted by Crippen LogP contribution is 2.28. The molecule has 1 saturated carbocycles. The molecule has 1 aliphatic heterocycles. The summed E-state index contributed by atoms with van der Waals surface area (Å²) in [5.74, 6) is -1.17. The third kappa shape index (κ3) is 6.15. The summed E-state index contributed by atoms with van der Waals surface area (Å²) in [7, 11) is 1.84. The van der Waals surface area contributed by atoms with Crippen LogP contribution in [0.2, 0.25) is 0 Å². The van der Waals surface area contributed by atoms with Crippen molar-refractivity contribution in [2.24, 2.45) is 0 Å². The average molecular weight is 414 g/mol. The Morgan fingerprint density at radius 3 is 2.50 bits per heavy atom. The number of nitrogens with zero attached hydrogens (tertiary/aromatic N) is 2. The van der Waals surface area contributed by atoms with Gasteiger partial charge in [0.05, 0.1) is 6.54 Å². The zero-order chi connectivity index (χ0) is 19.4. The fraction of sp³-hybridized carbons (Fsp3) is 0.600. The molecule has 1 aromatic rings. The highest BCUT2D eigenvalue weighted by Gasteiger charge is 2.33. The number of halogens is 2. The molecule has 1 aromatic carbocycles. The van der Waals surface area contributed by atoms with Crippen molar-refractivity contribution in [1.82, 2.24) is 15.1 Å². The summed E-state index contributed by atoms with van der Waals surface area (Å²) in [6.07, 6.45) is 4.63. The second-order valence-electron chi connectivity index (χ2n) is 7.67. The maximum Gasteiger partial charge on any atom is 0.317 e. The van der Waals surface area contributed by atoms with E-state index in [1.807, 2.05) is 11.9 Å². The number of hydrogen-bond acceptors (Lipinski definition) is 4. The van der Waals surface area contributed by atoms with Crippen molar-refractivity contribution < 1.29 is 19.1 Å². The van der Waals surface area contributed by atoms with E-state index < -0.39 is 12.0 Å². The van der Waals surface area contributed by atoms with Gasteiger partial charge in [0.25, 0.3) is 0 Å². The Hall–Kier alpha value is -1.70. The SMILES string of the molecule is CN(CC(=O)O)C1CCCN(C(C(=O)NC2CC2)c2ccc(F)cc2)CC1.Cl. The predicted molar refractivity (Wildman–Crippen MR) is 107 cm³/mol. The molecule has 0 radical (unpaired) electrons. The van der Waals surface area contributed by atoms with Crippen LogP contribution in [0.15, 0.2) is 24.3 Å². The minimum Gasteiger partial charge on any atom is -0.480 e. The lowest BCUT2D eigenvalue weighted by molar-refractivity contribution is -0.138. The zero-order valence-corrected chi connectivity index (χ0v) is 17.0. The standard InChI is InChI=1S/C20H28FN3O3.ClH/c1-23(13-18(25)26)17-3-2-11-24(12-10-17)19(20(27)22-16-8-9-16)14-4-6-15(21)7-5-14;/h4-7,16-17,19H,2-3,8-13H2,1H3,(H,22,27)(H,25,26);1H. The van der Waals surface area contributed by atoms with E-state index in [0.717, 1.165) is 44.2 Å². The van der Waals surface area contributed by atoms with Gasteiger partial charge in [-0.2, -0.15) is 0 Å². The van der Waals surface area contributed by atoms with Crippen LogP contribution in [0.5, 0.6) is 0 Å². The number of hydrogen-bond donors (Lipinski definition) is 2. The second-order valence-corrected chi connectivity index (χ2v) is 7.67. The third-order valence-electron chi connectivity index (χ3n) is 5.46. The molecule has 8 heteroatoms. The van der Waals surface area contributed by atoms with Gasteiger partial charge in [-0.15, -0.1) is 12.4 Å². The smallest absolute Gasteiger partial charge is 0.317 e. The molecule has 2 N–H and O–H groups in total. The van der Waals surface area contributed by atoms with E-state index in [9.17, 15) is 14.0 Å². The number of aliphatic carboxylic acids is 1. The summed E-state index contributed by atoms with van der Waals surface area (Å²) < 4.78 is 13.4. The van der Waals surface area contributed by atoms with Gasteiger partial charge in [0, 0.05) is 18.6 Å². The van der Waals surface area contributed by atoms with Crippen LogP contribution >= 0.6 is 12.4 Å². The van der Waals surface area contributed by atoms with Crippen LogP contribution in [0.4, 0.5) is 4.39 Å². The summed E-state index contributed by atoms with van der Waals surface area (Å²) in [5, 5.41) is 12.1. The Labute approximate surface area is 171 Å². The van der Waals surface area contributed by atoms with Gasteiger partial charge in [0.15, 0.2) is 0 Å². The van der Waals surface area contributed by atoms with Gasteiger partial charge in [-0.3, -0.25) is 19.4 Å². The molecule has 0 spiro atoms. The zero-order valence-electron chi connectivity index (χ0n) is 16.1. The van der Waals surface area contributed by atoms with Crippen molar-refractivity contribution >= 4 is 24.3 Å². The largest absolute Gasteiger partial charge is 0.480 e. The summed E-state index contributed by atoms with van der Waals surface area (Å²) in [5.41, 5.74) is 0.798. The van der Waals surface area contributed by atoms with Gasteiger partial charge in [-0.05, 0) is 63.4 Å². The highest BCUT2D eigenvalue weighted by atomic mass is 35.5. The number of carboxylic acids is 1. The molecule has 0 aromatic heterocycles. The molecular weight excluding hydrogens is 385 g/mol. The summed E-state index contributed by atoms with van der Waals surface area (Å²) in [6.45, 7) is 1.49. The molecule has 0 bridgehead atoms. The Balaban J connectivity index is 0.00000280. The number of benzene rings is 1. The van der Waals surface area contributed by atoms with Crippen LogP contribution in [0.25, 0.3) is 0 Å². The third-order valence-corrected chi connectivity index (χ3v) is 5.46. The maximum absolute atomic E-state index is 13.4. The van der Waals surface area contributed by atoms with Crippen molar-refractivity contribution in [2.45, 2.75) is 50.2 Å². The lowest BCUT2D eigenvalue weighted by Gasteiger charge is -2.31. The quantitative estimate of drug-likeness (QED) is 0.718. The van der Waals surface area contributed by atoms with Crippen LogP contribution < -0.4 is 5.32 Å². The van der Waals surface area contributed by atoms with Crippen LogP contribution in [0.3, 0.4) is 0 Å². The van der Waals surface area contributed by atoms with E-state index >= 15 is 0 Å². The molecule has 2 atom stereocenters. The summed E-state index contributed by atoms with van der Waals surface area (Å²) in [6, 6.07) is 6.18. The number of likely N-dealkylation sites (tertiary alicyclic amines) is 1. The summed E-state index contributed by atoms with van der Waals surface area (Å²) >= 11 is 0. The van der Waals surface area contributed by atoms with Crippen molar-refractivity contribution in [3.8, 4) is 0 Å². The van der Waals surface area contributed by atoms with Crippen molar-refractivity contribution in [3.05, 3.63) is 35.6 Å². The number of likely N-dealkylation sites (N-methyl/N-ethyl adjacent to an activating group) is 1. The van der Waals surface area contributed by atoms with Crippen molar-refractivity contribution in [1.29, 1.82) is 0 Å². The van der Waals surface area contributed by atoms with Gasteiger partial charge in [-0.1, -0.05) is 12.1 Å². The molecule has 28 heavy (non-hydrogen) atoms. The topological polar surface area (TPSA) is 72.9 Å².